The SMILES string of the molecule is Nc1cc(C(=O)Nc2cc(F)cc([N+](=O)[O-])c2)c(Cl)cn1. The van der Waals surface area contributed by atoms with Gasteiger partial charge in [0.2, 0.25) is 0 Å². The Morgan fingerprint density at radius 3 is 2.76 bits per heavy atom. The molecule has 21 heavy (non-hydrogen) atoms. The molecule has 0 saturated carbocycles. The number of nitro benzene ring substituents is 1. The van der Waals surface area contributed by atoms with Crippen LogP contribution < -0.4 is 11.1 Å². The number of carbonyl (C=O) groups excluding carboxylic acids is 1. The molecule has 0 aliphatic rings. The van der Waals surface area contributed by atoms with Gasteiger partial charge >= 0.3 is 0 Å². The predicted molar refractivity (Wildman–Crippen MR) is 74.7 cm³/mol. The van der Waals surface area contributed by atoms with Crippen molar-refractivity contribution in [3.8, 4) is 0 Å². The van der Waals surface area contributed by atoms with Gasteiger partial charge in [0.05, 0.1) is 27.3 Å². The normalized spacial score (nSPS) is 10.2. The van der Waals surface area contributed by atoms with Crippen molar-refractivity contribution in [3.63, 3.8) is 0 Å². The molecule has 0 saturated heterocycles. The van der Waals surface area contributed by atoms with Crippen molar-refractivity contribution in [2.45, 2.75) is 0 Å². The topological polar surface area (TPSA) is 111 Å². The van der Waals surface area contributed by atoms with Crippen LogP contribution in [0.4, 0.5) is 21.6 Å². The van der Waals surface area contributed by atoms with Gasteiger partial charge < -0.3 is 11.1 Å². The fourth-order valence-electron chi connectivity index (χ4n) is 1.58. The van der Waals surface area contributed by atoms with E-state index < -0.39 is 22.3 Å². The van der Waals surface area contributed by atoms with Crippen molar-refractivity contribution in [2.75, 3.05) is 11.1 Å². The molecule has 108 valence electrons. The lowest BCUT2D eigenvalue weighted by atomic mass is 10.2. The molecule has 0 spiro atoms. The zero-order valence-electron chi connectivity index (χ0n) is 10.3. The summed E-state index contributed by atoms with van der Waals surface area (Å²) < 4.78 is 13.3. The Labute approximate surface area is 122 Å². The van der Waals surface area contributed by atoms with Crippen LogP contribution in [-0.2, 0) is 0 Å². The molecule has 1 amide bonds. The molecule has 9 heteroatoms. The Hall–Kier alpha value is -2.74. The Kier molecular flexibility index (Phi) is 3.99. The number of halogens is 2. The molecular weight excluding hydrogens is 303 g/mol. The fraction of sp³-hybridized carbons (Fsp3) is 0. The number of rotatable bonds is 3. The third-order valence-corrected chi connectivity index (χ3v) is 2.77. The minimum atomic E-state index is -0.847. The van der Waals surface area contributed by atoms with E-state index in [-0.39, 0.29) is 22.1 Å². The lowest BCUT2D eigenvalue weighted by Crippen LogP contribution is -2.13. The number of benzene rings is 1. The van der Waals surface area contributed by atoms with Crippen LogP contribution >= 0.6 is 11.6 Å². The number of carbonyl (C=O) groups is 1. The van der Waals surface area contributed by atoms with Crippen LogP contribution in [0.15, 0.2) is 30.5 Å². The molecule has 0 aliphatic carbocycles. The van der Waals surface area contributed by atoms with Crippen LogP contribution in [0.3, 0.4) is 0 Å². The van der Waals surface area contributed by atoms with E-state index in [1.54, 1.807) is 0 Å². The smallest absolute Gasteiger partial charge is 0.274 e. The van der Waals surface area contributed by atoms with Crippen LogP contribution in [0, 0.1) is 15.9 Å². The highest BCUT2D eigenvalue weighted by Crippen LogP contribution is 2.22. The van der Waals surface area contributed by atoms with E-state index in [2.05, 4.69) is 10.3 Å². The Balaban J connectivity index is 2.31. The van der Waals surface area contributed by atoms with Crippen molar-refractivity contribution in [2.24, 2.45) is 0 Å². The van der Waals surface area contributed by atoms with Crippen molar-refractivity contribution < 1.29 is 14.1 Å². The van der Waals surface area contributed by atoms with Gasteiger partial charge in [-0.2, -0.15) is 0 Å². The number of nitrogens with one attached hydrogen (secondary N) is 1. The van der Waals surface area contributed by atoms with Crippen LogP contribution in [0.25, 0.3) is 0 Å². The number of aromatic nitrogens is 1. The number of nitrogens with zero attached hydrogens (tertiary/aromatic N) is 2. The highest BCUT2D eigenvalue weighted by atomic mass is 35.5. The molecule has 0 radical (unpaired) electrons. The average molecular weight is 311 g/mol. The van der Waals surface area contributed by atoms with E-state index in [1.807, 2.05) is 0 Å². The molecule has 2 aromatic rings. The minimum Gasteiger partial charge on any atom is -0.384 e. The largest absolute Gasteiger partial charge is 0.384 e. The molecule has 2 rings (SSSR count). The molecule has 1 heterocycles. The number of nitro groups is 1. The van der Waals surface area contributed by atoms with Crippen molar-refractivity contribution in [1.29, 1.82) is 0 Å². The standard InChI is InChI=1S/C12H8ClFN4O3/c13-10-5-16-11(15)4-9(10)12(19)17-7-1-6(14)2-8(3-7)18(20)21/h1-5H,(H2,15,16)(H,17,19). The van der Waals surface area contributed by atoms with E-state index in [0.29, 0.717) is 0 Å². The van der Waals surface area contributed by atoms with Gasteiger partial charge in [-0.3, -0.25) is 14.9 Å². The number of pyridine rings is 1. The Morgan fingerprint density at radius 1 is 1.38 bits per heavy atom. The summed E-state index contributed by atoms with van der Waals surface area (Å²) in [7, 11) is 0. The van der Waals surface area contributed by atoms with E-state index in [4.69, 9.17) is 17.3 Å². The second kappa shape index (κ2) is 5.71. The number of amides is 1. The number of hydrogen-bond donors (Lipinski definition) is 2. The Morgan fingerprint density at radius 2 is 2.10 bits per heavy atom. The van der Waals surface area contributed by atoms with Crippen LogP contribution in [0.1, 0.15) is 10.4 Å². The first-order valence-corrected chi connectivity index (χ1v) is 5.92. The van der Waals surface area contributed by atoms with E-state index in [1.165, 1.54) is 12.3 Å². The molecule has 0 atom stereocenters. The van der Waals surface area contributed by atoms with Gasteiger partial charge in [0, 0.05) is 12.3 Å². The molecule has 0 fully saturated rings. The first-order chi connectivity index (χ1) is 9.86. The van der Waals surface area contributed by atoms with Gasteiger partial charge in [0.1, 0.15) is 11.6 Å². The second-order valence-corrected chi connectivity index (χ2v) is 4.41. The summed E-state index contributed by atoms with van der Waals surface area (Å²) in [6.07, 6.45) is 1.19. The number of non-ortho nitro benzene ring substituents is 1. The number of anilines is 2. The fourth-order valence-corrected chi connectivity index (χ4v) is 1.77. The van der Waals surface area contributed by atoms with Gasteiger partial charge in [-0.15, -0.1) is 0 Å². The lowest BCUT2D eigenvalue weighted by Gasteiger charge is -2.07. The van der Waals surface area contributed by atoms with Gasteiger partial charge in [0.15, 0.2) is 0 Å². The molecule has 3 N–H and O–H groups in total. The average Bonchev–Trinajstić information content (AvgIpc) is 2.40. The maximum Gasteiger partial charge on any atom is 0.274 e. The maximum absolute atomic E-state index is 13.3. The van der Waals surface area contributed by atoms with Crippen molar-refractivity contribution >= 4 is 34.7 Å². The summed E-state index contributed by atoms with van der Waals surface area (Å²) in [6, 6.07) is 3.96. The maximum atomic E-state index is 13.3. The number of nitrogen functional groups attached to an aromatic ring is 1. The van der Waals surface area contributed by atoms with E-state index in [0.717, 1.165) is 18.2 Å². The lowest BCUT2D eigenvalue weighted by molar-refractivity contribution is -0.385. The molecule has 0 unspecified atom stereocenters. The van der Waals surface area contributed by atoms with Gasteiger partial charge in [0.25, 0.3) is 11.6 Å². The summed E-state index contributed by atoms with van der Waals surface area (Å²) in [6.45, 7) is 0. The summed E-state index contributed by atoms with van der Waals surface area (Å²) in [5.74, 6) is -1.45. The first-order valence-electron chi connectivity index (χ1n) is 5.54. The quantitative estimate of drug-likeness (QED) is 0.668. The van der Waals surface area contributed by atoms with Crippen LogP contribution in [-0.4, -0.2) is 15.8 Å². The summed E-state index contributed by atoms with van der Waals surface area (Å²) in [4.78, 5) is 25.6. The predicted octanol–water partition coefficient (Wildman–Crippen LogP) is 2.62. The summed E-state index contributed by atoms with van der Waals surface area (Å²) in [5, 5.41) is 13.0. The highest BCUT2D eigenvalue weighted by molar-refractivity contribution is 6.34. The van der Waals surface area contributed by atoms with Gasteiger partial charge in [-0.25, -0.2) is 9.37 Å². The van der Waals surface area contributed by atoms with Crippen LogP contribution in [0.2, 0.25) is 5.02 Å². The molecule has 1 aromatic carbocycles. The molecular formula is C12H8ClFN4O3. The highest BCUT2D eigenvalue weighted by Gasteiger charge is 2.15. The monoisotopic (exact) mass is 310 g/mol. The molecule has 1 aromatic heterocycles. The van der Waals surface area contributed by atoms with Gasteiger partial charge in [-0.1, -0.05) is 11.6 Å². The Bertz CT molecular complexity index is 738. The molecule has 0 aliphatic heterocycles. The van der Waals surface area contributed by atoms with E-state index >= 15 is 0 Å². The van der Waals surface area contributed by atoms with E-state index in [9.17, 15) is 19.3 Å². The third-order valence-electron chi connectivity index (χ3n) is 2.47. The summed E-state index contributed by atoms with van der Waals surface area (Å²) in [5.41, 5.74) is 4.92. The zero-order chi connectivity index (χ0) is 15.6. The third kappa shape index (κ3) is 3.42. The van der Waals surface area contributed by atoms with Crippen molar-refractivity contribution in [1.82, 2.24) is 4.98 Å². The second-order valence-electron chi connectivity index (χ2n) is 4.00. The van der Waals surface area contributed by atoms with Crippen molar-refractivity contribution in [3.05, 3.63) is 57.0 Å². The number of nitrogens with two attached hydrogens (primary N) is 1. The first kappa shape index (κ1) is 14.7. The molecule has 0 bridgehead atoms. The van der Waals surface area contributed by atoms with Crippen LogP contribution in [0.5, 0.6) is 0 Å². The zero-order valence-corrected chi connectivity index (χ0v) is 11.1. The van der Waals surface area contributed by atoms with Gasteiger partial charge in [-0.05, 0) is 12.1 Å². The minimum absolute atomic E-state index is 0.0241. The number of hydrogen-bond acceptors (Lipinski definition) is 5. The summed E-state index contributed by atoms with van der Waals surface area (Å²) >= 11 is 5.81. The molecule has 7 nitrogen and oxygen atoms in total.